The Hall–Kier alpha value is -1.40. The standard InChI is InChI=1S/C10H13N3O2S/c1-11(2)3-4-12-8(14)7-9(15)13-5-6-16-10(12)13/h5-7H,3-4H2,1-2H3. The van der Waals surface area contributed by atoms with Crippen LogP contribution in [0.25, 0.3) is 4.96 Å². The maximum Gasteiger partial charge on any atom is 0.348 e. The first-order chi connectivity index (χ1) is 7.59. The lowest BCUT2D eigenvalue weighted by molar-refractivity contribution is -0.713. The van der Waals surface area contributed by atoms with Crippen molar-refractivity contribution < 1.29 is 9.67 Å². The van der Waals surface area contributed by atoms with E-state index < -0.39 is 0 Å². The van der Waals surface area contributed by atoms with Gasteiger partial charge in [-0.3, -0.25) is 0 Å². The van der Waals surface area contributed by atoms with Gasteiger partial charge in [-0.05, 0) is 14.1 Å². The van der Waals surface area contributed by atoms with Gasteiger partial charge in [-0.25, -0.2) is 9.36 Å². The highest BCUT2D eigenvalue weighted by Crippen LogP contribution is 2.06. The summed E-state index contributed by atoms with van der Waals surface area (Å²) in [5, 5.41) is 13.5. The largest absolute Gasteiger partial charge is 0.842 e. The van der Waals surface area contributed by atoms with E-state index in [4.69, 9.17) is 0 Å². The van der Waals surface area contributed by atoms with E-state index in [1.165, 1.54) is 15.7 Å². The molecule has 0 amide bonds. The molecule has 0 bridgehead atoms. The number of nitrogens with zero attached hydrogens (tertiary/aromatic N) is 3. The van der Waals surface area contributed by atoms with Crippen LogP contribution in [-0.2, 0) is 6.54 Å². The van der Waals surface area contributed by atoms with E-state index in [-0.39, 0.29) is 11.4 Å². The van der Waals surface area contributed by atoms with Gasteiger partial charge in [0.15, 0.2) is 0 Å². The fourth-order valence-electron chi connectivity index (χ4n) is 1.49. The molecule has 0 aromatic carbocycles. The first kappa shape index (κ1) is 11.1. The number of rotatable bonds is 3. The number of hydrogen-bond donors (Lipinski definition) is 0. The highest BCUT2D eigenvalue weighted by molar-refractivity contribution is 7.14. The van der Waals surface area contributed by atoms with E-state index in [0.29, 0.717) is 11.5 Å². The van der Waals surface area contributed by atoms with Crippen molar-refractivity contribution >= 4 is 16.3 Å². The molecule has 0 aliphatic heterocycles. The third kappa shape index (κ3) is 1.94. The molecule has 0 saturated heterocycles. The zero-order valence-electron chi connectivity index (χ0n) is 9.21. The van der Waals surface area contributed by atoms with Crippen molar-refractivity contribution in [1.82, 2.24) is 9.30 Å². The predicted molar refractivity (Wildman–Crippen MR) is 59.7 cm³/mol. The summed E-state index contributed by atoms with van der Waals surface area (Å²) in [5.41, 5.74) is -0.262. The number of fused-ring (bicyclic) bond motifs is 1. The number of thiazole rings is 1. The summed E-state index contributed by atoms with van der Waals surface area (Å²) >= 11 is 1.40. The maximum absolute atomic E-state index is 11.7. The number of hydrogen-bond acceptors (Lipinski definition) is 4. The van der Waals surface area contributed by atoms with Crippen LogP contribution >= 0.6 is 11.3 Å². The highest BCUT2D eigenvalue weighted by Gasteiger charge is 2.13. The Morgan fingerprint density at radius 3 is 3.00 bits per heavy atom. The second-order valence-corrected chi connectivity index (χ2v) is 4.70. The minimum atomic E-state index is -0.262. The fraction of sp³-hybridized carbons (Fsp3) is 0.400. The van der Waals surface area contributed by atoms with Gasteiger partial charge in [0.1, 0.15) is 12.7 Å². The number of likely N-dealkylation sites (N-methyl/N-ethyl adjacent to an activating group) is 1. The summed E-state index contributed by atoms with van der Waals surface area (Å²) < 4.78 is 3.13. The van der Waals surface area contributed by atoms with Gasteiger partial charge in [0.05, 0.1) is 11.9 Å². The van der Waals surface area contributed by atoms with Crippen LogP contribution < -0.4 is 15.2 Å². The summed E-state index contributed by atoms with van der Waals surface area (Å²) in [6.45, 7) is 1.36. The summed E-state index contributed by atoms with van der Waals surface area (Å²) in [7, 11) is 3.90. The molecule has 0 aliphatic carbocycles. The quantitative estimate of drug-likeness (QED) is 0.665. The van der Waals surface area contributed by atoms with E-state index in [2.05, 4.69) is 0 Å². The van der Waals surface area contributed by atoms with Gasteiger partial charge in [0, 0.05) is 11.9 Å². The molecule has 0 N–H and O–H groups in total. The van der Waals surface area contributed by atoms with Crippen molar-refractivity contribution in [3.8, 4) is 5.88 Å². The predicted octanol–water partition coefficient (Wildman–Crippen LogP) is -0.716. The molecule has 86 valence electrons. The Balaban J connectivity index is 2.50. The van der Waals surface area contributed by atoms with E-state index in [1.807, 2.05) is 24.4 Å². The van der Waals surface area contributed by atoms with Crippen LogP contribution in [-0.4, -0.2) is 29.9 Å². The van der Waals surface area contributed by atoms with E-state index in [9.17, 15) is 9.90 Å². The van der Waals surface area contributed by atoms with Crippen molar-refractivity contribution in [3.63, 3.8) is 0 Å². The zero-order valence-corrected chi connectivity index (χ0v) is 10.0. The Bertz CT molecular complexity index is 559. The van der Waals surface area contributed by atoms with Crippen molar-refractivity contribution in [3.05, 3.63) is 28.0 Å². The van der Waals surface area contributed by atoms with Gasteiger partial charge in [-0.2, -0.15) is 4.40 Å². The molecular formula is C10H13N3O2S. The molecule has 6 heteroatoms. The van der Waals surface area contributed by atoms with E-state index in [1.54, 1.807) is 10.8 Å². The van der Waals surface area contributed by atoms with Crippen LogP contribution in [0, 0.1) is 0 Å². The SMILES string of the molecule is CN(C)CC[n+]1c([O-])cc(=O)n2ccsc21. The van der Waals surface area contributed by atoms with Crippen molar-refractivity contribution in [1.29, 1.82) is 0 Å². The summed E-state index contributed by atoms with van der Waals surface area (Å²) in [6, 6.07) is 1.13. The normalized spacial score (nSPS) is 11.4. The molecule has 0 atom stereocenters. The Labute approximate surface area is 96.8 Å². The molecule has 0 aliphatic rings. The Kier molecular flexibility index (Phi) is 2.93. The third-order valence-corrected chi connectivity index (χ3v) is 3.23. The molecule has 0 radical (unpaired) electrons. The van der Waals surface area contributed by atoms with Gasteiger partial charge in [0.25, 0.3) is 0 Å². The zero-order chi connectivity index (χ0) is 11.7. The van der Waals surface area contributed by atoms with Crippen LogP contribution in [0.15, 0.2) is 22.4 Å². The smallest absolute Gasteiger partial charge is 0.348 e. The average Bonchev–Trinajstić information content (AvgIpc) is 2.65. The minimum Gasteiger partial charge on any atom is -0.842 e. The molecule has 2 heterocycles. The van der Waals surface area contributed by atoms with Crippen molar-refractivity contribution in [2.45, 2.75) is 6.54 Å². The van der Waals surface area contributed by atoms with Crippen molar-refractivity contribution in [2.24, 2.45) is 0 Å². The molecule has 0 fully saturated rings. The molecule has 2 rings (SSSR count). The monoisotopic (exact) mass is 239 g/mol. The first-order valence-corrected chi connectivity index (χ1v) is 5.82. The molecule has 0 saturated carbocycles. The van der Waals surface area contributed by atoms with Gasteiger partial charge >= 0.3 is 10.5 Å². The van der Waals surface area contributed by atoms with Crippen LogP contribution in [0.1, 0.15) is 0 Å². The van der Waals surface area contributed by atoms with Crippen LogP contribution in [0.4, 0.5) is 0 Å². The van der Waals surface area contributed by atoms with Gasteiger partial charge in [-0.15, -0.1) is 0 Å². The van der Waals surface area contributed by atoms with E-state index >= 15 is 0 Å². The number of aromatic nitrogens is 2. The van der Waals surface area contributed by atoms with Gasteiger partial charge < -0.3 is 10.0 Å². The van der Waals surface area contributed by atoms with Crippen molar-refractivity contribution in [2.75, 3.05) is 20.6 Å². The lowest BCUT2D eigenvalue weighted by Crippen LogP contribution is -2.44. The second kappa shape index (κ2) is 4.23. The van der Waals surface area contributed by atoms with Crippen LogP contribution in [0.2, 0.25) is 0 Å². The molecular weight excluding hydrogens is 226 g/mol. The Morgan fingerprint density at radius 1 is 1.56 bits per heavy atom. The summed E-state index contributed by atoms with van der Waals surface area (Å²) in [5.74, 6) is -0.227. The second-order valence-electron chi connectivity index (χ2n) is 3.83. The van der Waals surface area contributed by atoms with Crippen LogP contribution in [0.5, 0.6) is 5.88 Å². The lowest BCUT2D eigenvalue weighted by atomic mass is 10.5. The van der Waals surface area contributed by atoms with Gasteiger partial charge in [-0.1, -0.05) is 11.3 Å². The Morgan fingerprint density at radius 2 is 2.31 bits per heavy atom. The minimum absolute atomic E-state index is 0.227. The van der Waals surface area contributed by atoms with Gasteiger partial charge in [0.2, 0.25) is 0 Å². The molecule has 2 aromatic rings. The molecule has 0 unspecified atom stereocenters. The summed E-state index contributed by atoms with van der Waals surface area (Å²) in [4.78, 5) is 14.2. The lowest BCUT2D eigenvalue weighted by Gasteiger charge is -2.13. The molecule has 0 spiro atoms. The molecule has 2 aromatic heterocycles. The third-order valence-electron chi connectivity index (χ3n) is 2.34. The molecule has 16 heavy (non-hydrogen) atoms. The topological polar surface area (TPSA) is 51.7 Å². The van der Waals surface area contributed by atoms with Crippen LogP contribution in [0.3, 0.4) is 0 Å². The maximum atomic E-state index is 11.7. The molecule has 5 nitrogen and oxygen atoms in total. The highest BCUT2D eigenvalue weighted by atomic mass is 32.1. The fourth-order valence-corrected chi connectivity index (χ4v) is 2.36. The van der Waals surface area contributed by atoms with E-state index in [0.717, 1.165) is 12.6 Å². The summed E-state index contributed by atoms with van der Waals surface area (Å²) in [6.07, 6.45) is 1.69. The first-order valence-electron chi connectivity index (χ1n) is 4.94. The average molecular weight is 239 g/mol.